The Morgan fingerprint density at radius 1 is 1.20 bits per heavy atom. The maximum Gasteiger partial charge on any atom is 0.416 e. The van der Waals surface area contributed by atoms with E-state index < -0.39 is 16.7 Å². The predicted octanol–water partition coefficient (Wildman–Crippen LogP) is 4.32. The number of nitro groups is 1. The number of benzene rings is 2. The van der Waals surface area contributed by atoms with Gasteiger partial charge in [-0.2, -0.15) is 13.2 Å². The first-order chi connectivity index (χ1) is 14.1. The van der Waals surface area contributed by atoms with Crippen LogP contribution in [0, 0.1) is 17.0 Å². The van der Waals surface area contributed by atoms with Gasteiger partial charge in [-0.15, -0.1) is 0 Å². The number of likely N-dealkylation sites (tertiary alicyclic amines) is 1. The van der Waals surface area contributed by atoms with Crippen LogP contribution in [0.15, 0.2) is 42.5 Å². The molecule has 0 saturated carbocycles. The van der Waals surface area contributed by atoms with E-state index in [1.54, 1.807) is 13.0 Å². The average molecular weight is 421 g/mol. The van der Waals surface area contributed by atoms with Gasteiger partial charge in [-0.3, -0.25) is 19.8 Å². The highest BCUT2D eigenvalue weighted by atomic mass is 19.4. The van der Waals surface area contributed by atoms with E-state index in [2.05, 4.69) is 10.2 Å². The standard InChI is InChI=1S/C21H22F3N3O3/c1-14-11-16(5-6-19(14)27(29)30)20(28)25-18-7-9-26(10-8-18)13-15-3-2-4-17(12-15)21(22,23)24/h2-6,11-12,18H,7-10,13H2,1H3,(H,25,28). The average Bonchev–Trinajstić information content (AvgIpc) is 2.68. The summed E-state index contributed by atoms with van der Waals surface area (Å²) in [6.07, 6.45) is -3.00. The maximum atomic E-state index is 12.9. The smallest absolute Gasteiger partial charge is 0.349 e. The van der Waals surface area contributed by atoms with Crippen molar-refractivity contribution in [2.75, 3.05) is 13.1 Å². The van der Waals surface area contributed by atoms with Gasteiger partial charge in [0.2, 0.25) is 0 Å². The van der Waals surface area contributed by atoms with Crippen LogP contribution in [-0.4, -0.2) is 34.9 Å². The maximum absolute atomic E-state index is 12.9. The number of nitrogens with one attached hydrogen (secondary N) is 1. The van der Waals surface area contributed by atoms with Crippen molar-refractivity contribution in [3.05, 3.63) is 74.8 Å². The normalized spacial score (nSPS) is 15.7. The van der Waals surface area contributed by atoms with Crippen LogP contribution in [0.5, 0.6) is 0 Å². The summed E-state index contributed by atoms with van der Waals surface area (Å²) < 4.78 is 38.6. The van der Waals surface area contributed by atoms with Crippen LogP contribution in [0.2, 0.25) is 0 Å². The number of carbonyl (C=O) groups is 1. The van der Waals surface area contributed by atoms with Crippen molar-refractivity contribution >= 4 is 11.6 Å². The van der Waals surface area contributed by atoms with Crippen LogP contribution >= 0.6 is 0 Å². The number of alkyl halides is 3. The van der Waals surface area contributed by atoms with E-state index >= 15 is 0 Å². The zero-order valence-corrected chi connectivity index (χ0v) is 16.4. The Morgan fingerprint density at radius 3 is 2.50 bits per heavy atom. The van der Waals surface area contributed by atoms with Crippen LogP contribution in [0.3, 0.4) is 0 Å². The first kappa shape index (κ1) is 21.8. The van der Waals surface area contributed by atoms with E-state index in [0.29, 0.717) is 49.2 Å². The molecule has 1 fully saturated rings. The van der Waals surface area contributed by atoms with E-state index in [1.165, 1.54) is 30.3 Å². The van der Waals surface area contributed by atoms with Crippen molar-refractivity contribution in [1.29, 1.82) is 0 Å². The van der Waals surface area contributed by atoms with Gasteiger partial charge in [0, 0.05) is 42.9 Å². The van der Waals surface area contributed by atoms with E-state index in [1.807, 2.05) is 0 Å². The van der Waals surface area contributed by atoms with Crippen molar-refractivity contribution in [3.63, 3.8) is 0 Å². The molecule has 1 heterocycles. The molecule has 0 radical (unpaired) electrons. The van der Waals surface area contributed by atoms with Gasteiger partial charge in [0.05, 0.1) is 10.5 Å². The van der Waals surface area contributed by atoms with E-state index in [9.17, 15) is 28.1 Å². The number of rotatable bonds is 5. The minimum atomic E-state index is -4.36. The molecule has 0 atom stereocenters. The molecule has 3 rings (SSSR count). The van der Waals surface area contributed by atoms with Crippen LogP contribution in [-0.2, 0) is 12.7 Å². The van der Waals surface area contributed by atoms with E-state index in [0.717, 1.165) is 6.07 Å². The number of aryl methyl sites for hydroxylation is 1. The van der Waals surface area contributed by atoms with Gasteiger partial charge in [0.25, 0.3) is 11.6 Å². The predicted molar refractivity (Wildman–Crippen MR) is 105 cm³/mol. The third-order valence-electron chi connectivity index (χ3n) is 5.24. The van der Waals surface area contributed by atoms with Crippen LogP contribution in [0.1, 0.15) is 39.9 Å². The Labute approximate surface area is 171 Å². The van der Waals surface area contributed by atoms with Gasteiger partial charge >= 0.3 is 6.18 Å². The Morgan fingerprint density at radius 2 is 1.90 bits per heavy atom. The lowest BCUT2D eigenvalue weighted by molar-refractivity contribution is -0.385. The van der Waals surface area contributed by atoms with Crippen molar-refractivity contribution in [1.82, 2.24) is 10.2 Å². The molecule has 1 aliphatic rings. The molecule has 30 heavy (non-hydrogen) atoms. The number of carbonyl (C=O) groups excluding carboxylic acids is 1. The minimum absolute atomic E-state index is 0.0329. The molecule has 1 amide bonds. The second-order valence-electron chi connectivity index (χ2n) is 7.48. The number of nitro benzene ring substituents is 1. The molecule has 0 aliphatic carbocycles. The highest BCUT2D eigenvalue weighted by Crippen LogP contribution is 2.30. The number of hydrogen-bond acceptors (Lipinski definition) is 4. The molecule has 2 aromatic carbocycles. The van der Waals surface area contributed by atoms with Crippen LogP contribution in [0.25, 0.3) is 0 Å². The van der Waals surface area contributed by atoms with Crippen LogP contribution < -0.4 is 5.32 Å². The molecule has 1 aliphatic heterocycles. The minimum Gasteiger partial charge on any atom is -0.349 e. The fourth-order valence-electron chi connectivity index (χ4n) is 3.61. The lowest BCUT2D eigenvalue weighted by Crippen LogP contribution is -2.44. The number of hydrogen-bond donors (Lipinski definition) is 1. The van der Waals surface area contributed by atoms with Crippen molar-refractivity contribution < 1.29 is 22.9 Å². The second kappa shape index (κ2) is 8.83. The molecule has 2 aromatic rings. The summed E-state index contributed by atoms with van der Waals surface area (Å²) in [5.41, 5.74) is 0.705. The molecule has 1 saturated heterocycles. The Balaban J connectivity index is 1.53. The summed E-state index contributed by atoms with van der Waals surface area (Å²) >= 11 is 0. The Bertz CT molecular complexity index is 939. The molecule has 160 valence electrons. The molecule has 0 unspecified atom stereocenters. The topological polar surface area (TPSA) is 75.5 Å². The summed E-state index contributed by atoms with van der Waals surface area (Å²) in [7, 11) is 0. The molecule has 0 spiro atoms. The summed E-state index contributed by atoms with van der Waals surface area (Å²) in [5.74, 6) is -0.288. The van der Waals surface area contributed by atoms with Crippen LogP contribution in [0.4, 0.5) is 18.9 Å². The fraction of sp³-hybridized carbons (Fsp3) is 0.381. The summed E-state index contributed by atoms with van der Waals surface area (Å²) in [6.45, 7) is 3.31. The number of nitrogens with zero attached hydrogens (tertiary/aromatic N) is 2. The quantitative estimate of drug-likeness (QED) is 0.577. The molecule has 0 aromatic heterocycles. The fourth-order valence-corrected chi connectivity index (χ4v) is 3.61. The zero-order valence-electron chi connectivity index (χ0n) is 16.4. The van der Waals surface area contributed by atoms with Crippen molar-refractivity contribution in [3.8, 4) is 0 Å². The molecule has 6 nitrogen and oxygen atoms in total. The molecular formula is C21H22F3N3O3. The number of piperidine rings is 1. The lowest BCUT2D eigenvalue weighted by atomic mass is 10.0. The Hall–Kier alpha value is -2.94. The zero-order chi connectivity index (χ0) is 21.9. The van der Waals surface area contributed by atoms with Gasteiger partial charge in [-0.25, -0.2) is 0 Å². The first-order valence-corrected chi connectivity index (χ1v) is 9.58. The third kappa shape index (κ3) is 5.35. The third-order valence-corrected chi connectivity index (χ3v) is 5.24. The molecule has 1 N–H and O–H groups in total. The summed E-state index contributed by atoms with van der Waals surface area (Å²) in [5, 5.41) is 13.8. The number of halogens is 3. The summed E-state index contributed by atoms with van der Waals surface area (Å²) in [4.78, 5) is 24.9. The van der Waals surface area contributed by atoms with Gasteiger partial charge in [-0.1, -0.05) is 18.2 Å². The van der Waals surface area contributed by atoms with E-state index in [4.69, 9.17) is 0 Å². The largest absolute Gasteiger partial charge is 0.416 e. The number of amides is 1. The monoisotopic (exact) mass is 421 g/mol. The lowest BCUT2D eigenvalue weighted by Gasteiger charge is -2.32. The first-order valence-electron chi connectivity index (χ1n) is 9.58. The molecular weight excluding hydrogens is 399 g/mol. The van der Waals surface area contributed by atoms with Gasteiger partial charge in [0.15, 0.2) is 0 Å². The highest BCUT2D eigenvalue weighted by molar-refractivity contribution is 5.94. The van der Waals surface area contributed by atoms with E-state index in [-0.39, 0.29) is 17.6 Å². The van der Waals surface area contributed by atoms with Gasteiger partial charge < -0.3 is 5.32 Å². The Kier molecular flexibility index (Phi) is 6.40. The summed E-state index contributed by atoms with van der Waals surface area (Å²) in [6, 6.07) is 9.53. The van der Waals surface area contributed by atoms with Crippen molar-refractivity contribution in [2.45, 2.75) is 38.5 Å². The van der Waals surface area contributed by atoms with Crippen molar-refractivity contribution in [2.24, 2.45) is 0 Å². The second-order valence-corrected chi connectivity index (χ2v) is 7.48. The SMILES string of the molecule is Cc1cc(C(=O)NC2CCN(Cc3cccc(C(F)(F)F)c3)CC2)ccc1[N+](=O)[O-]. The van der Waals surface area contributed by atoms with Gasteiger partial charge in [-0.05, 0) is 43.5 Å². The van der Waals surface area contributed by atoms with Gasteiger partial charge in [0.1, 0.15) is 0 Å². The molecule has 9 heteroatoms. The highest BCUT2D eigenvalue weighted by Gasteiger charge is 2.30. The molecule has 0 bridgehead atoms.